The summed E-state index contributed by atoms with van der Waals surface area (Å²) in [6.45, 7) is 2.26. The van der Waals surface area contributed by atoms with Crippen molar-refractivity contribution in [3.05, 3.63) is 59.8 Å². The Labute approximate surface area is 140 Å². The molecular weight excluding hydrogens is 304 g/mol. The van der Waals surface area contributed by atoms with Gasteiger partial charge in [-0.15, -0.1) is 0 Å². The van der Waals surface area contributed by atoms with E-state index in [0.717, 1.165) is 10.9 Å². The van der Waals surface area contributed by atoms with Gasteiger partial charge in [0, 0.05) is 29.2 Å². The lowest BCUT2D eigenvalue weighted by molar-refractivity contribution is 0.101. The lowest BCUT2D eigenvalue weighted by Gasteiger charge is -2.11. The fourth-order valence-corrected chi connectivity index (χ4v) is 2.78. The molecule has 0 unspecified atom stereocenters. The lowest BCUT2D eigenvalue weighted by atomic mass is 10.2. The number of aliphatic hydroxyl groups excluding tert-OH is 1. The van der Waals surface area contributed by atoms with Crippen molar-refractivity contribution in [1.29, 1.82) is 0 Å². The molecule has 0 aliphatic heterocycles. The predicted octanol–water partition coefficient (Wildman–Crippen LogP) is 3.32. The Balaban J connectivity index is 1.87. The minimum atomic E-state index is -0.193. The molecule has 0 aliphatic rings. The van der Waals surface area contributed by atoms with Crippen molar-refractivity contribution in [1.82, 2.24) is 4.57 Å². The van der Waals surface area contributed by atoms with Crippen molar-refractivity contribution >= 4 is 22.5 Å². The number of hydrogen-bond acceptors (Lipinski definition) is 3. The second kappa shape index (κ2) is 6.76. The largest absolute Gasteiger partial charge is 0.494 e. The zero-order valence-corrected chi connectivity index (χ0v) is 13.7. The van der Waals surface area contributed by atoms with Crippen molar-refractivity contribution in [2.24, 2.45) is 7.05 Å². The van der Waals surface area contributed by atoms with Gasteiger partial charge in [0.1, 0.15) is 11.4 Å². The normalized spacial score (nSPS) is 10.8. The Morgan fingerprint density at radius 2 is 2.00 bits per heavy atom. The number of ether oxygens (including phenoxy) is 1. The maximum Gasteiger partial charge on any atom is 0.272 e. The number of carbonyl (C=O) groups is 1. The van der Waals surface area contributed by atoms with Crippen LogP contribution in [0, 0.1) is 0 Å². The standard InChI is InChI=1S/C19H20N2O3/c1-3-24-18-9-8-15(10-14(18)12-22)20-19(23)17-11-13-6-4-5-7-16(13)21(17)2/h4-11,22H,3,12H2,1-2H3,(H,20,23). The van der Waals surface area contributed by atoms with Crippen molar-refractivity contribution < 1.29 is 14.6 Å². The molecular formula is C19H20N2O3. The van der Waals surface area contributed by atoms with Gasteiger partial charge in [-0.3, -0.25) is 4.79 Å². The molecule has 0 saturated carbocycles. The number of fused-ring (bicyclic) bond motifs is 1. The summed E-state index contributed by atoms with van der Waals surface area (Å²) in [5.41, 5.74) is 2.85. The first-order chi connectivity index (χ1) is 11.6. The molecule has 0 radical (unpaired) electrons. The lowest BCUT2D eigenvalue weighted by Crippen LogP contribution is -2.15. The Hall–Kier alpha value is -2.79. The van der Waals surface area contributed by atoms with Crippen LogP contribution < -0.4 is 10.1 Å². The summed E-state index contributed by atoms with van der Waals surface area (Å²) in [5, 5.41) is 13.4. The molecule has 1 heterocycles. The van der Waals surface area contributed by atoms with Gasteiger partial charge in [0.15, 0.2) is 0 Å². The summed E-state index contributed by atoms with van der Waals surface area (Å²) in [7, 11) is 1.87. The number of aryl methyl sites for hydroxylation is 1. The molecule has 3 aromatic rings. The van der Waals surface area contributed by atoms with Gasteiger partial charge in [-0.25, -0.2) is 0 Å². The number of anilines is 1. The van der Waals surface area contributed by atoms with Crippen molar-refractivity contribution in [2.45, 2.75) is 13.5 Å². The summed E-state index contributed by atoms with van der Waals surface area (Å²) >= 11 is 0. The summed E-state index contributed by atoms with van der Waals surface area (Å²) in [5.74, 6) is 0.435. The van der Waals surface area contributed by atoms with Crippen LogP contribution in [-0.4, -0.2) is 22.2 Å². The van der Waals surface area contributed by atoms with Crippen LogP contribution in [0.5, 0.6) is 5.75 Å². The molecule has 2 N–H and O–H groups in total. The molecule has 0 fully saturated rings. The van der Waals surface area contributed by atoms with Gasteiger partial charge >= 0.3 is 0 Å². The van der Waals surface area contributed by atoms with Gasteiger partial charge in [-0.2, -0.15) is 0 Å². The average Bonchev–Trinajstić information content (AvgIpc) is 2.94. The first-order valence-corrected chi connectivity index (χ1v) is 7.86. The number of nitrogens with zero attached hydrogens (tertiary/aromatic N) is 1. The quantitative estimate of drug-likeness (QED) is 0.757. The van der Waals surface area contributed by atoms with E-state index in [4.69, 9.17) is 4.74 Å². The molecule has 3 rings (SSSR count). The van der Waals surface area contributed by atoms with Gasteiger partial charge in [0.2, 0.25) is 0 Å². The summed E-state index contributed by atoms with van der Waals surface area (Å²) < 4.78 is 7.32. The number of aliphatic hydroxyl groups is 1. The predicted molar refractivity (Wildman–Crippen MR) is 94.4 cm³/mol. The molecule has 0 spiro atoms. The number of carbonyl (C=O) groups excluding carboxylic acids is 1. The Kier molecular flexibility index (Phi) is 4.53. The molecule has 2 aromatic carbocycles. The van der Waals surface area contributed by atoms with E-state index < -0.39 is 0 Å². The minimum Gasteiger partial charge on any atom is -0.494 e. The molecule has 5 nitrogen and oxygen atoms in total. The van der Waals surface area contributed by atoms with Crippen molar-refractivity contribution in [3.63, 3.8) is 0 Å². The van der Waals surface area contributed by atoms with E-state index in [0.29, 0.717) is 29.3 Å². The van der Waals surface area contributed by atoms with Crippen LogP contribution in [0.15, 0.2) is 48.5 Å². The van der Waals surface area contributed by atoms with E-state index in [9.17, 15) is 9.90 Å². The highest BCUT2D eigenvalue weighted by molar-refractivity contribution is 6.06. The first-order valence-electron chi connectivity index (χ1n) is 7.86. The van der Waals surface area contributed by atoms with Gasteiger partial charge in [0.05, 0.1) is 13.2 Å². The van der Waals surface area contributed by atoms with Gasteiger partial charge < -0.3 is 19.7 Å². The molecule has 0 bridgehead atoms. The van der Waals surface area contributed by atoms with Gasteiger partial charge in [-0.1, -0.05) is 18.2 Å². The van der Waals surface area contributed by atoms with Crippen LogP contribution in [0.1, 0.15) is 23.0 Å². The fraction of sp³-hybridized carbons (Fsp3) is 0.211. The molecule has 5 heteroatoms. The van der Waals surface area contributed by atoms with E-state index in [1.807, 2.05) is 48.9 Å². The molecule has 0 atom stereocenters. The Bertz CT molecular complexity index is 883. The van der Waals surface area contributed by atoms with Crippen molar-refractivity contribution in [3.8, 4) is 5.75 Å². The first kappa shape index (κ1) is 16.1. The van der Waals surface area contributed by atoms with Crippen molar-refractivity contribution in [2.75, 3.05) is 11.9 Å². The molecule has 1 aromatic heterocycles. The maximum atomic E-state index is 12.6. The zero-order chi connectivity index (χ0) is 17.1. The number of amides is 1. The Morgan fingerprint density at radius 3 is 2.71 bits per heavy atom. The summed E-state index contributed by atoms with van der Waals surface area (Å²) in [6.07, 6.45) is 0. The summed E-state index contributed by atoms with van der Waals surface area (Å²) in [4.78, 5) is 12.6. The molecule has 124 valence electrons. The van der Waals surface area contributed by atoms with Crippen LogP contribution in [0.25, 0.3) is 10.9 Å². The number of aromatic nitrogens is 1. The summed E-state index contributed by atoms with van der Waals surface area (Å²) in [6, 6.07) is 15.0. The van der Waals surface area contributed by atoms with E-state index in [2.05, 4.69) is 5.32 Å². The highest BCUT2D eigenvalue weighted by Crippen LogP contribution is 2.24. The highest BCUT2D eigenvalue weighted by Gasteiger charge is 2.14. The highest BCUT2D eigenvalue weighted by atomic mass is 16.5. The third kappa shape index (κ3) is 2.98. The monoisotopic (exact) mass is 324 g/mol. The second-order valence-electron chi connectivity index (χ2n) is 5.52. The molecule has 0 aliphatic carbocycles. The van der Waals surface area contributed by atoms with E-state index in [1.54, 1.807) is 18.2 Å². The van der Waals surface area contributed by atoms with Gasteiger partial charge in [-0.05, 0) is 37.3 Å². The van der Waals surface area contributed by atoms with Crippen LogP contribution >= 0.6 is 0 Å². The van der Waals surface area contributed by atoms with Crippen LogP contribution in [0.3, 0.4) is 0 Å². The van der Waals surface area contributed by atoms with E-state index in [1.165, 1.54) is 0 Å². The average molecular weight is 324 g/mol. The number of rotatable bonds is 5. The van der Waals surface area contributed by atoms with Gasteiger partial charge in [0.25, 0.3) is 5.91 Å². The Morgan fingerprint density at radius 1 is 1.21 bits per heavy atom. The zero-order valence-electron chi connectivity index (χ0n) is 13.7. The third-order valence-corrected chi connectivity index (χ3v) is 3.97. The smallest absolute Gasteiger partial charge is 0.272 e. The van der Waals surface area contributed by atoms with Crippen LogP contribution in [0.4, 0.5) is 5.69 Å². The number of para-hydroxylation sites is 1. The van der Waals surface area contributed by atoms with Crippen LogP contribution in [-0.2, 0) is 13.7 Å². The van der Waals surface area contributed by atoms with E-state index in [-0.39, 0.29) is 12.5 Å². The second-order valence-corrected chi connectivity index (χ2v) is 5.52. The number of hydrogen-bond donors (Lipinski definition) is 2. The minimum absolute atomic E-state index is 0.146. The maximum absolute atomic E-state index is 12.6. The number of nitrogens with one attached hydrogen (secondary N) is 1. The molecule has 0 saturated heterocycles. The third-order valence-electron chi connectivity index (χ3n) is 3.97. The SMILES string of the molecule is CCOc1ccc(NC(=O)c2cc3ccccc3n2C)cc1CO. The van der Waals surface area contributed by atoms with Crippen LogP contribution in [0.2, 0.25) is 0 Å². The number of benzene rings is 2. The fourth-order valence-electron chi connectivity index (χ4n) is 2.78. The van der Waals surface area contributed by atoms with E-state index >= 15 is 0 Å². The topological polar surface area (TPSA) is 63.5 Å². The molecule has 1 amide bonds. The molecule has 24 heavy (non-hydrogen) atoms.